The Kier molecular flexibility index (Phi) is 16.9. The number of aliphatic hydroxyl groups is 3. The van der Waals surface area contributed by atoms with Crippen molar-refractivity contribution in [3.63, 3.8) is 0 Å². The molecule has 7 heteroatoms. The van der Waals surface area contributed by atoms with Gasteiger partial charge in [0.2, 0.25) is 0 Å². The predicted molar refractivity (Wildman–Crippen MR) is 209 cm³/mol. The van der Waals surface area contributed by atoms with E-state index < -0.39 is 0 Å². The number of hydrogen-bond acceptors (Lipinski definition) is 3. The minimum atomic E-state index is 0. The zero-order valence-corrected chi connectivity index (χ0v) is 30.7. The molecule has 0 unspecified atom stereocenters. The molecule has 0 aliphatic heterocycles. The van der Waals surface area contributed by atoms with Crippen LogP contribution < -0.4 is 0 Å². The Morgan fingerprint density at radius 3 is 0.615 bits per heavy atom. The van der Waals surface area contributed by atoms with Gasteiger partial charge in [-0.3, -0.25) is 14.4 Å². The molecule has 0 radical (unpaired) electrons. The number of allylic oxidation sites excluding steroid dienone is 3. The van der Waals surface area contributed by atoms with Crippen LogP contribution in [0.1, 0.15) is 33.4 Å². The zero-order valence-electron chi connectivity index (χ0n) is 28.2. The molecule has 0 aromatic heterocycles. The van der Waals surface area contributed by atoms with E-state index in [0.29, 0.717) is 33.4 Å². The summed E-state index contributed by atoms with van der Waals surface area (Å²) in [6.07, 6.45) is 4.06. The van der Waals surface area contributed by atoms with Crippen molar-refractivity contribution in [2.24, 2.45) is 0 Å². The van der Waals surface area contributed by atoms with Crippen molar-refractivity contribution in [2.45, 2.75) is 0 Å². The molecular weight excluding hydrogens is 728 g/mol. The molecule has 6 aromatic carbocycles. The van der Waals surface area contributed by atoms with Gasteiger partial charge in [-0.15, -0.1) is 0 Å². The third kappa shape index (κ3) is 13.3. The number of benzene rings is 6. The average Bonchev–Trinajstić information content (AvgIpc) is 3.20. The van der Waals surface area contributed by atoms with Gasteiger partial charge >= 0.3 is 17.3 Å². The van der Waals surface area contributed by atoms with Crippen LogP contribution in [0.15, 0.2) is 200 Å². The summed E-state index contributed by atoms with van der Waals surface area (Å²) >= 11 is 0. The number of rotatable bonds is 9. The van der Waals surface area contributed by atoms with Crippen LogP contribution in [0.3, 0.4) is 0 Å². The normalized spacial score (nSPS) is 11.0. The van der Waals surface area contributed by atoms with Crippen LogP contribution in [0.2, 0.25) is 0 Å². The monoisotopic (exact) mass is 765 g/mol. The number of carbonyl (C=O) groups excluding carboxylic acids is 3. The second-order valence-corrected chi connectivity index (χ2v) is 10.9. The molecule has 0 saturated carbocycles. The molecule has 0 atom stereocenters. The Bertz CT molecular complexity index is 1830. The summed E-state index contributed by atoms with van der Waals surface area (Å²) in [7, 11) is 0. The van der Waals surface area contributed by atoms with Crippen molar-refractivity contribution < 1.29 is 55.9 Å². The van der Waals surface area contributed by atoms with Crippen molar-refractivity contribution in [3.8, 4) is 0 Å². The molecule has 0 fully saturated rings. The van der Waals surface area contributed by atoms with Gasteiger partial charge in [0.25, 0.3) is 0 Å². The van der Waals surface area contributed by atoms with Gasteiger partial charge in [-0.1, -0.05) is 146 Å². The van der Waals surface area contributed by atoms with Gasteiger partial charge in [0, 0.05) is 42.9 Å². The molecule has 0 heterocycles. The van der Waals surface area contributed by atoms with Crippen LogP contribution in [-0.2, 0) is 26.2 Å². The summed E-state index contributed by atoms with van der Waals surface area (Å²) < 4.78 is 0. The van der Waals surface area contributed by atoms with Crippen LogP contribution >= 0.6 is 0 Å². The number of aliphatic hydroxyl groups excluding tert-OH is 3. The van der Waals surface area contributed by atoms with Crippen LogP contribution in [0, 0.1) is 0 Å². The molecular formula is C45H39O6Zr+3. The van der Waals surface area contributed by atoms with Crippen molar-refractivity contribution in [1.29, 1.82) is 0 Å². The van der Waals surface area contributed by atoms with Crippen LogP contribution in [0.4, 0.5) is 0 Å². The molecule has 6 rings (SSSR count). The molecule has 256 valence electrons. The van der Waals surface area contributed by atoms with Gasteiger partial charge in [0.05, 0.1) is 34.9 Å². The Balaban J connectivity index is 0.000000208. The predicted octanol–water partition coefficient (Wildman–Crippen LogP) is 9.53. The molecule has 52 heavy (non-hydrogen) atoms. The molecule has 0 aliphatic carbocycles. The summed E-state index contributed by atoms with van der Waals surface area (Å²) in [5.74, 6) is 0.289. The summed E-state index contributed by atoms with van der Waals surface area (Å²) in [6.45, 7) is 0. The van der Waals surface area contributed by atoms with Gasteiger partial charge in [-0.05, 0) is 36.4 Å². The fraction of sp³-hybridized carbons (Fsp3) is 0. The summed E-state index contributed by atoms with van der Waals surface area (Å²) in [4.78, 5) is 29.5. The van der Waals surface area contributed by atoms with Gasteiger partial charge in [-0.2, -0.15) is 0 Å². The maximum Gasteiger partial charge on any atom is 0.350 e. The van der Waals surface area contributed by atoms with E-state index in [4.69, 9.17) is 0 Å². The van der Waals surface area contributed by atoms with E-state index in [1.54, 1.807) is 72.8 Å². The largest absolute Gasteiger partial charge is 0.507 e. The third-order valence-electron chi connectivity index (χ3n) is 7.24. The minimum absolute atomic E-state index is 0. The Hall–Kier alpha value is -6.17. The van der Waals surface area contributed by atoms with E-state index in [1.165, 1.54) is 18.2 Å². The second-order valence-electron chi connectivity index (χ2n) is 10.9. The summed E-state index contributed by atoms with van der Waals surface area (Å²) in [5, 5.41) is 29.5. The SMILES string of the molecule is O/C(=C\C(=[OH+])c1ccccc1)c1ccccc1.O/C(=C\C(=[OH+])c1ccccc1)c1ccccc1.O/C(=C\C(=[OH+])c1ccccc1)c1ccccc1.[Zr]. The van der Waals surface area contributed by atoms with E-state index in [-0.39, 0.29) is 60.8 Å². The molecule has 6 nitrogen and oxygen atoms in total. The smallest absolute Gasteiger partial charge is 0.350 e. The first-order chi connectivity index (χ1) is 24.8. The molecule has 0 bridgehead atoms. The first kappa shape index (κ1) is 40.3. The first-order valence-corrected chi connectivity index (χ1v) is 16.0. The molecule has 0 spiro atoms. The maximum atomic E-state index is 9.83. The number of ketones is 3. The van der Waals surface area contributed by atoms with Gasteiger partial charge in [0.15, 0.2) is 0 Å². The standard InChI is InChI=1S/3C15H12O2.Zr/c3*16-14(12-7-3-1-4-8-12)11-15(17)13-9-5-2-6-10-13;/h3*1-11,16H;/p+3/b3*14-11-;. The Labute approximate surface area is 322 Å². The molecule has 0 amide bonds. The van der Waals surface area contributed by atoms with Crippen LogP contribution in [0.5, 0.6) is 0 Å². The van der Waals surface area contributed by atoms with E-state index in [1.807, 2.05) is 109 Å². The summed E-state index contributed by atoms with van der Waals surface area (Å²) in [6, 6.07) is 54.6. The van der Waals surface area contributed by atoms with E-state index in [2.05, 4.69) is 0 Å². The van der Waals surface area contributed by atoms with Crippen molar-refractivity contribution in [3.05, 3.63) is 234 Å². The quantitative estimate of drug-likeness (QED) is 0.0588. The van der Waals surface area contributed by atoms with E-state index >= 15 is 0 Å². The summed E-state index contributed by atoms with van der Waals surface area (Å²) in [5.41, 5.74) is 4.06. The van der Waals surface area contributed by atoms with Crippen LogP contribution in [-0.4, -0.2) is 47.1 Å². The van der Waals surface area contributed by atoms with Crippen molar-refractivity contribution in [1.82, 2.24) is 0 Å². The second kappa shape index (κ2) is 21.8. The number of hydrogen-bond donors (Lipinski definition) is 3. The fourth-order valence-electron chi connectivity index (χ4n) is 4.54. The average molecular weight is 767 g/mol. The third-order valence-corrected chi connectivity index (χ3v) is 7.24. The van der Waals surface area contributed by atoms with Crippen molar-refractivity contribution >= 4 is 34.6 Å². The first-order valence-electron chi connectivity index (χ1n) is 16.0. The Morgan fingerprint density at radius 1 is 0.288 bits per heavy atom. The van der Waals surface area contributed by atoms with Crippen LogP contribution in [0.25, 0.3) is 17.3 Å². The van der Waals surface area contributed by atoms with Gasteiger partial charge < -0.3 is 15.3 Å². The topological polar surface area (TPSA) is 125 Å². The molecule has 0 aliphatic rings. The fourth-order valence-corrected chi connectivity index (χ4v) is 4.54. The zero-order chi connectivity index (χ0) is 36.3. The Morgan fingerprint density at radius 2 is 0.442 bits per heavy atom. The van der Waals surface area contributed by atoms with Gasteiger partial charge in [-0.25, -0.2) is 0 Å². The maximum absolute atomic E-state index is 9.83. The van der Waals surface area contributed by atoms with E-state index in [0.717, 1.165) is 0 Å². The minimum Gasteiger partial charge on any atom is -0.507 e. The molecule has 0 saturated heterocycles. The van der Waals surface area contributed by atoms with E-state index in [9.17, 15) is 29.7 Å². The molecule has 6 aromatic rings. The molecule has 6 N–H and O–H groups in total. The van der Waals surface area contributed by atoms with Crippen molar-refractivity contribution in [2.75, 3.05) is 0 Å². The van der Waals surface area contributed by atoms with Gasteiger partial charge in [0.1, 0.15) is 17.3 Å².